The maximum atomic E-state index is 13.0. The monoisotopic (exact) mass is 462 g/mol. The van der Waals surface area contributed by atoms with Crippen molar-refractivity contribution in [3.63, 3.8) is 0 Å². The Balaban J connectivity index is 1.43. The molecule has 0 spiro atoms. The third-order valence-corrected chi connectivity index (χ3v) is 7.10. The van der Waals surface area contributed by atoms with Crippen molar-refractivity contribution < 1.29 is 32.2 Å². The highest BCUT2D eigenvalue weighted by Crippen LogP contribution is 2.34. The first kappa shape index (κ1) is 22.2. The summed E-state index contributed by atoms with van der Waals surface area (Å²) in [5, 5.41) is 2.91. The van der Waals surface area contributed by atoms with E-state index in [-0.39, 0.29) is 17.5 Å². The first-order valence-corrected chi connectivity index (χ1v) is 11.9. The van der Waals surface area contributed by atoms with Crippen LogP contribution < -0.4 is 24.3 Å². The number of nitrogens with one attached hydrogen (secondary N) is 1. The molecule has 0 radical (unpaired) electrons. The third-order valence-electron chi connectivity index (χ3n) is 5.30. The number of sulfonamides is 1. The van der Waals surface area contributed by atoms with Crippen molar-refractivity contribution in [3.05, 3.63) is 42.0 Å². The summed E-state index contributed by atoms with van der Waals surface area (Å²) in [5.41, 5.74) is 0.863. The first-order valence-electron chi connectivity index (χ1n) is 10.4. The average Bonchev–Trinajstić information content (AvgIpc) is 2.81. The van der Waals surface area contributed by atoms with Crippen molar-refractivity contribution in [2.45, 2.75) is 24.3 Å². The number of carbonyl (C=O) groups is 1. The van der Waals surface area contributed by atoms with Crippen LogP contribution in [0.4, 0.5) is 0 Å². The number of likely N-dealkylation sites (N-methyl/N-ethyl adjacent to an activating group) is 1. The molecule has 0 aromatic heterocycles. The molecule has 1 amide bonds. The number of hydrogen-bond donors (Lipinski definition) is 1. The molecule has 10 heteroatoms. The number of amides is 1. The van der Waals surface area contributed by atoms with Crippen molar-refractivity contribution in [2.24, 2.45) is 0 Å². The van der Waals surface area contributed by atoms with Crippen molar-refractivity contribution in [2.75, 3.05) is 40.0 Å². The van der Waals surface area contributed by atoms with E-state index in [9.17, 15) is 13.2 Å². The highest BCUT2D eigenvalue weighted by atomic mass is 32.2. The minimum Gasteiger partial charge on any atom is -0.486 e. The van der Waals surface area contributed by atoms with Crippen molar-refractivity contribution in [1.29, 1.82) is 0 Å². The molecule has 0 fully saturated rings. The van der Waals surface area contributed by atoms with Crippen LogP contribution in [-0.2, 0) is 14.8 Å². The lowest BCUT2D eigenvalue weighted by Gasteiger charge is -2.24. The average molecular weight is 463 g/mol. The van der Waals surface area contributed by atoms with E-state index in [1.165, 1.54) is 19.2 Å². The predicted molar refractivity (Wildman–Crippen MR) is 116 cm³/mol. The van der Waals surface area contributed by atoms with E-state index in [1.807, 2.05) is 25.1 Å². The Morgan fingerprint density at radius 3 is 2.12 bits per heavy atom. The fourth-order valence-corrected chi connectivity index (χ4v) is 4.73. The molecule has 2 heterocycles. The summed E-state index contributed by atoms with van der Waals surface area (Å²) in [6.45, 7) is 3.37. The second kappa shape index (κ2) is 9.25. The van der Waals surface area contributed by atoms with Gasteiger partial charge in [0.05, 0.1) is 17.5 Å². The Hall–Kier alpha value is -2.98. The topological polar surface area (TPSA) is 103 Å². The van der Waals surface area contributed by atoms with E-state index in [0.717, 1.165) is 9.87 Å². The van der Waals surface area contributed by atoms with Gasteiger partial charge < -0.3 is 24.3 Å². The minimum absolute atomic E-state index is 0.0379. The largest absolute Gasteiger partial charge is 0.486 e. The number of nitrogens with zero attached hydrogens (tertiary/aromatic N) is 1. The van der Waals surface area contributed by atoms with Crippen LogP contribution in [0, 0.1) is 0 Å². The summed E-state index contributed by atoms with van der Waals surface area (Å²) < 4.78 is 49.0. The van der Waals surface area contributed by atoms with Crippen LogP contribution in [0.2, 0.25) is 0 Å². The maximum absolute atomic E-state index is 13.0. The van der Waals surface area contributed by atoms with Gasteiger partial charge in [-0.2, -0.15) is 4.31 Å². The molecule has 0 aliphatic carbocycles. The lowest BCUT2D eigenvalue weighted by Crippen LogP contribution is -2.39. The zero-order chi connectivity index (χ0) is 22.7. The van der Waals surface area contributed by atoms with Gasteiger partial charge in [-0.3, -0.25) is 4.79 Å². The van der Waals surface area contributed by atoms with Gasteiger partial charge in [0.15, 0.2) is 23.0 Å². The fraction of sp³-hybridized carbons (Fsp3) is 0.409. The van der Waals surface area contributed by atoms with Crippen LogP contribution in [0.3, 0.4) is 0 Å². The number of fused-ring (bicyclic) bond motifs is 2. The maximum Gasteiger partial charge on any atom is 0.243 e. The van der Waals surface area contributed by atoms with E-state index in [4.69, 9.17) is 18.9 Å². The zero-order valence-electron chi connectivity index (χ0n) is 18.0. The summed E-state index contributed by atoms with van der Waals surface area (Å²) in [6, 6.07) is 9.67. The Morgan fingerprint density at radius 1 is 0.938 bits per heavy atom. The van der Waals surface area contributed by atoms with Crippen LogP contribution in [0.5, 0.6) is 23.0 Å². The van der Waals surface area contributed by atoms with Gasteiger partial charge in [-0.1, -0.05) is 13.0 Å². The van der Waals surface area contributed by atoms with Gasteiger partial charge in [-0.15, -0.1) is 0 Å². The van der Waals surface area contributed by atoms with Crippen LogP contribution >= 0.6 is 0 Å². The van der Waals surface area contributed by atoms with Gasteiger partial charge >= 0.3 is 0 Å². The molecule has 0 bridgehead atoms. The van der Waals surface area contributed by atoms with Crippen LogP contribution in [-0.4, -0.2) is 58.7 Å². The predicted octanol–water partition coefficient (Wildman–Crippen LogP) is 2.12. The molecular formula is C22H26N2O7S. The van der Waals surface area contributed by atoms with Crippen molar-refractivity contribution >= 4 is 15.9 Å². The van der Waals surface area contributed by atoms with Crippen molar-refractivity contribution in [3.8, 4) is 23.0 Å². The molecule has 32 heavy (non-hydrogen) atoms. The number of benzene rings is 2. The second-order valence-corrected chi connectivity index (χ2v) is 9.54. The summed E-state index contributed by atoms with van der Waals surface area (Å²) in [7, 11) is -2.51. The Morgan fingerprint density at radius 2 is 1.50 bits per heavy atom. The van der Waals surface area contributed by atoms with E-state index in [2.05, 4.69) is 5.32 Å². The van der Waals surface area contributed by atoms with Crippen LogP contribution in [0.15, 0.2) is 41.3 Å². The zero-order valence-corrected chi connectivity index (χ0v) is 18.8. The lowest BCUT2D eigenvalue weighted by molar-refractivity contribution is -0.121. The third kappa shape index (κ3) is 4.61. The highest BCUT2D eigenvalue weighted by molar-refractivity contribution is 7.89. The number of rotatable bonds is 7. The Labute approximate surface area is 187 Å². The van der Waals surface area contributed by atoms with Crippen LogP contribution in [0.1, 0.15) is 24.9 Å². The molecule has 172 valence electrons. The highest BCUT2D eigenvalue weighted by Gasteiger charge is 2.26. The Kier molecular flexibility index (Phi) is 6.43. The molecule has 0 unspecified atom stereocenters. The van der Waals surface area contributed by atoms with Gasteiger partial charge in [0.25, 0.3) is 0 Å². The second-order valence-electron chi connectivity index (χ2n) is 7.50. The summed E-state index contributed by atoms with van der Waals surface area (Å²) in [5.74, 6) is 1.78. The lowest BCUT2D eigenvalue weighted by atomic mass is 10.0. The van der Waals surface area contributed by atoms with E-state index in [0.29, 0.717) is 55.8 Å². The fourth-order valence-electron chi connectivity index (χ4n) is 3.59. The van der Waals surface area contributed by atoms with E-state index in [1.54, 1.807) is 6.07 Å². The van der Waals surface area contributed by atoms with Gasteiger partial charge in [-0.25, -0.2) is 8.42 Å². The quantitative estimate of drug-likeness (QED) is 0.672. The molecule has 0 saturated heterocycles. The summed E-state index contributed by atoms with van der Waals surface area (Å²) in [4.78, 5) is 12.7. The molecule has 2 aliphatic rings. The van der Waals surface area contributed by atoms with E-state index >= 15 is 0 Å². The molecule has 1 N–H and O–H groups in total. The number of ether oxygens (including phenoxy) is 4. The standard InChI is InChI=1S/C22H26N2O7S/c1-3-17(15-4-6-18-20(12-15)30-10-8-28-18)23-22(25)14-24(2)32(26,27)16-5-7-19-21(13-16)31-11-9-29-19/h4-7,12-13,17H,3,8-11,14H2,1-2H3,(H,23,25)/t17-/m0/s1. The van der Waals surface area contributed by atoms with Gasteiger partial charge in [0.1, 0.15) is 26.4 Å². The van der Waals surface area contributed by atoms with E-state index < -0.39 is 15.9 Å². The molecule has 9 nitrogen and oxygen atoms in total. The number of carbonyl (C=O) groups excluding carboxylic acids is 1. The molecule has 2 aromatic rings. The molecule has 1 atom stereocenters. The van der Waals surface area contributed by atoms with Crippen LogP contribution in [0.25, 0.3) is 0 Å². The summed E-state index contributed by atoms with van der Waals surface area (Å²) >= 11 is 0. The minimum atomic E-state index is -3.89. The Bertz CT molecular complexity index is 1100. The van der Waals surface area contributed by atoms with Crippen molar-refractivity contribution in [1.82, 2.24) is 9.62 Å². The van der Waals surface area contributed by atoms with Gasteiger partial charge in [0.2, 0.25) is 15.9 Å². The summed E-state index contributed by atoms with van der Waals surface area (Å²) in [6.07, 6.45) is 0.629. The van der Waals surface area contributed by atoms with Gasteiger partial charge in [0, 0.05) is 13.1 Å². The molecule has 2 aliphatic heterocycles. The number of hydrogen-bond acceptors (Lipinski definition) is 7. The molecule has 4 rings (SSSR count). The smallest absolute Gasteiger partial charge is 0.243 e. The molecule has 2 aromatic carbocycles. The SMILES string of the molecule is CC[C@H](NC(=O)CN(C)S(=O)(=O)c1ccc2c(c1)OCCO2)c1ccc2c(c1)OCCO2. The molecule has 0 saturated carbocycles. The normalized spacial score (nSPS) is 15.8. The first-order chi connectivity index (χ1) is 15.4. The molecular weight excluding hydrogens is 436 g/mol. The van der Waals surface area contributed by atoms with Gasteiger partial charge in [-0.05, 0) is 36.2 Å².